The number of carboxylic acids is 2. The summed E-state index contributed by atoms with van der Waals surface area (Å²) >= 11 is 0. The van der Waals surface area contributed by atoms with Crippen molar-refractivity contribution in [3.8, 4) is 0 Å². The molecule has 8 nitrogen and oxygen atoms in total. The van der Waals surface area contributed by atoms with Crippen LogP contribution in [0.25, 0.3) is 0 Å². The molecule has 4 N–H and O–H groups in total. The number of aldehydes is 1. The molecular weight excluding hydrogens is 546 g/mol. The van der Waals surface area contributed by atoms with Crippen LogP contribution in [0.15, 0.2) is 0 Å². The van der Waals surface area contributed by atoms with Crippen molar-refractivity contribution >= 4 is 18.2 Å². The van der Waals surface area contributed by atoms with Crippen LogP contribution in [0.1, 0.15) is 125 Å². The Morgan fingerprint density at radius 2 is 1.53 bits per heavy atom. The van der Waals surface area contributed by atoms with Gasteiger partial charge in [-0.05, 0) is 135 Å². The van der Waals surface area contributed by atoms with Gasteiger partial charge in [-0.3, -0.25) is 4.79 Å². The van der Waals surface area contributed by atoms with Gasteiger partial charge in [-0.2, -0.15) is 0 Å². The van der Waals surface area contributed by atoms with Gasteiger partial charge in [-0.15, -0.1) is 0 Å². The van der Waals surface area contributed by atoms with E-state index >= 15 is 0 Å². The highest BCUT2D eigenvalue weighted by Gasteiger charge is 2.72. The van der Waals surface area contributed by atoms with Crippen LogP contribution >= 0.6 is 0 Å². The van der Waals surface area contributed by atoms with E-state index < -0.39 is 41.4 Å². The zero-order valence-electron chi connectivity index (χ0n) is 27.0. The van der Waals surface area contributed by atoms with E-state index in [1.165, 1.54) is 0 Å². The summed E-state index contributed by atoms with van der Waals surface area (Å²) in [6.07, 6.45) is 10.6. The topological polar surface area (TPSA) is 136 Å². The number of rotatable bonds is 5. The molecule has 43 heavy (non-hydrogen) atoms. The molecule has 0 aromatic carbocycles. The minimum absolute atomic E-state index is 0.0338. The Morgan fingerprint density at radius 3 is 2.21 bits per heavy atom. The number of aliphatic carboxylic acids is 2. The predicted octanol–water partition coefficient (Wildman–Crippen LogP) is 6.19. The fourth-order valence-corrected chi connectivity index (χ4v) is 12.5. The predicted molar refractivity (Wildman–Crippen MR) is 161 cm³/mol. The van der Waals surface area contributed by atoms with E-state index in [9.17, 15) is 24.6 Å². The van der Waals surface area contributed by atoms with E-state index in [0.29, 0.717) is 37.5 Å². The molecule has 0 spiro atoms. The van der Waals surface area contributed by atoms with Gasteiger partial charge in [0.25, 0.3) is 0 Å². The molecule has 1 saturated heterocycles. The maximum Gasteiger partial charge on any atom is 0.332 e. The molecule has 8 heteroatoms. The van der Waals surface area contributed by atoms with E-state index in [2.05, 4.69) is 34.6 Å². The third kappa shape index (κ3) is 4.42. The number of nitrogens with two attached hydrogens (primary N) is 1. The second-order valence-electron chi connectivity index (χ2n) is 17.2. The summed E-state index contributed by atoms with van der Waals surface area (Å²) < 4.78 is 12.2. The van der Waals surface area contributed by atoms with Crippen molar-refractivity contribution in [2.45, 2.75) is 149 Å². The SMILES string of the molecule is CC1(C)CC[C@]2(C(=O)O)CC[C@]3(C)C(CC[C@@H]4[C@@]5(C)CC[C@H](O[C@H]6CCCC(C(=O)O)O6)[C@@](N)(C=O)C5CC[C@]43C)C2C1. The highest BCUT2D eigenvalue weighted by atomic mass is 16.7. The zero-order chi connectivity index (χ0) is 31.2. The van der Waals surface area contributed by atoms with E-state index in [0.717, 1.165) is 70.5 Å². The second kappa shape index (κ2) is 10.2. The smallest absolute Gasteiger partial charge is 0.332 e. The fraction of sp³-hybridized carbons (Fsp3) is 0.914. The Balaban J connectivity index is 1.28. The van der Waals surface area contributed by atoms with Crippen molar-refractivity contribution < 1.29 is 34.1 Å². The van der Waals surface area contributed by atoms with Crippen molar-refractivity contribution in [2.75, 3.05) is 0 Å². The molecule has 5 aliphatic carbocycles. The van der Waals surface area contributed by atoms with Gasteiger partial charge in [0, 0.05) is 0 Å². The molecule has 6 fully saturated rings. The lowest BCUT2D eigenvalue weighted by molar-refractivity contribution is -0.267. The summed E-state index contributed by atoms with van der Waals surface area (Å²) in [5.41, 5.74) is 5.46. The first kappa shape index (κ1) is 31.5. The van der Waals surface area contributed by atoms with E-state index in [-0.39, 0.29) is 33.5 Å². The molecular formula is C35H55NO7. The van der Waals surface area contributed by atoms with Crippen molar-refractivity contribution in [1.82, 2.24) is 0 Å². The highest BCUT2D eigenvalue weighted by molar-refractivity contribution is 5.75. The Bertz CT molecular complexity index is 1160. The number of carbonyl (C=O) groups excluding carboxylic acids is 1. The number of hydrogen-bond acceptors (Lipinski definition) is 6. The Kier molecular flexibility index (Phi) is 7.50. The number of fused-ring (bicyclic) bond motifs is 7. The average molecular weight is 602 g/mol. The number of carboxylic acid groups (broad SMARTS) is 2. The Morgan fingerprint density at radius 1 is 0.814 bits per heavy atom. The molecule has 0 bridgehead atoms. The van der Waals surface area contributed by atoms with Crippen molar-refractivity contribution in [2.24, 2.45) is 56.5 Å². The fourth-order valence-electron chi connectivity index (χ4n) is 12.5. The molecule has 4 unspecified atom stereocenters. The molecule has 1 aliphatic heterocycles. The maximum atomic E-state index is 13.0. The van der Waals surface area contributed by atoms with Gasteiger partial charge in [0.05, 0.1) is 11.5 Å². The quantitative estimate of drug-likeness (QED) is 0.251. The first-order valence-corrected chi connectivity index (χ1v) is 17.1. The first-order chi connectivity index (χ1) is 20.1. The van der Waals surface area contributed by atoms with E-state index in [1.807, 2.05) is 0 Å². The van der Waals surface area contributed by atoms with Gasteiger partial charge in [0.1, 0.15) is 11.8 Å². The van der Waals surface area contributed by atoms with Crippen molar-refractivity contribution in [3.63, 3.8) is 0 Å². The molecule has 0 amide bonds. The number of ether oxygens (including phenoxy) is 2. The van der Waals surface area contributed by atoms with Crippen LogP contribution in [0, 0.1) is 50.7 Å². The lowest BCUT2D eigenvalue weighted by Crippen LogP contribution is -2.72. The molecule has 12 atom stereocenters. The van der Waals surface area contributed by atoms with Crippen LogP contribution < -0.4 is 5.73 Å². The van der Waals surface area contributed by atoms with Gasteiger partial charge in [0.15, 0.2) is 12.4 Å². The normalized spacial score (nSPS) is 52.5. The molecule has 0 aromatic heterocycles. The highest BCUT2D eigenvalue weighted by Crippen LogP contribution is 2.76. The minimum atomic E-state index is -1.16. The van der Waals surface area contributed by atoms with Crippen molar-refractivity contribution in [3.05, 3.63) is 0 Å². The van der Waals surface area contributed by atoms with Gasteiger partial charge in [-0.1, -0.05) is 34.6 Å². The molecule has 5 saturated carbocycles. The number of carbonyl (C=O) groups is 3. The van der Waals surface area contributed by atoms with Crippen LogP contribution in [-0.4, -0.2) is 52.5 Å². The van der Waals surface area contributed by atoms with E-state index in [1.54, 1.807) is 0 Å². The summed E-state index contributed by atoms with van der Waals surface area (Å²) in [4.78, 5) is 37.5. The molecule has 1 heterocycles. The Hall–Kier alpha value is -1.51. The summed E-state index contributed by atoms with van der Waals surface area (Å²) in [6, 6.07) is 0. The Labute approximate surface area is 257 Å². The largest absolute Gasteiger partial charge is 0.481 e. The van der Waals surface area contributed by atoms with Crippen LogP contribution in [-0.2, 0) is 23.9 Å². The number of hydrogen-bond donors (Lipinski definition) is 3. The van der Waals surface area contributed by atoms with E-state index in [4.69, 9.17) is 15.2 Å². The lowest BCUT2D eigenvalue weighted by Gasteiger charge is -2.73. The molecule has 6 aliphatic rings. The van der Waals surface area contributed by atoms with Crippen molar-refractivity contribution in [1.29, 1.82) is 0 Å². The molecule has 242 valence electrons. The molecule has 0 radical (unpaired) electrons. The average Bonchev–Trinajstić information content (AvgIpc) is 2.94. The standard InChI is InChI=1S/C35H55NO7/c1-30(2)15-17-34(29(40)41)18-16-32(4)21(22(34)19-30)9-10-24-31(3)13-12-26(43-27-8-6-7-23(42-27)28(38)39)35(36,20-37)25(31)11-14-33(24,32)5/h20-27H,6-19,36H2,1-5H3,(H,38,39)(H,40,41)/t21?,22?,23?,24-,25?,26+,27+,31-,32-,33-,34+,35-/m1/s1. The van der Waals surface area contributed by atoms with Gasteiger partial charge < -0.3 is 30.2 Å². The monoisotopic (exact) mass is 601 g/mol. The van der Waals surface area contributed by atoms with Crippen LogP contribution in [0.4, 0.5) is 0 Å². The lowest BCUT2D eigenvalue weighted by atomic mass is 9.31. The van der Waals surface area contributed by atoms with Gasteiger partial charge >= 0.3 is 11.9 Å². The minimum Gasteiger partial charge on any atom is -0.481 e. The third-order valence-electron chi connectivity index (χ3n) is 15.1. The summed E-state index contributed by atoms with van der Waals surface area (Å²) in [7, 11) is 0. The van der Waals surface area contributed by atoms with Crippen LogP contribution in [0.2, 0.25) is 0 Å². The molecule has 6 rings (SSSR count). The second-order valence-corrected chi connectivity index (χ2v) is 17.2. The maximum absolute atomic E-state index is 13.0. The van der Waals surface area contributed by atoms with Crippen LogP contribution in [0.3, 0.4) is 0 Å². The summed E-state index contributed by atoms with van der Waals surface area (Å²) in [6.45, 7) is 12.0. The van der Waals surface area contributed by atoms with Gasteiger partial charge in [-0.25, -0.2) is 4.79 Å². The summed E-state index contributed by atoms with van der Waals surface area (Å²) in [5, 5.41) is 20.1. The first-order valence-electron chi connectivity index (χ1n) is 17.1. The summed E-state index contributed by atoms with van der Waals surface area (Å²) in [5.74, 6) is -0.615. The zero-order valence-corrected chi connectivity index (χ0v) is 27.0. The van der Waals surface area contributed by atoms with Gasteiger partial charge in [0.2, 0.25) is 0 Å². The third-order valence-corrected chi connectivity index (χ3v) is 15.1. The van der Waals surface area contributed by atoms with Crippen LogP contribution in [0.5, 0.6) is 0 Å². The molecule has 0 aromatic rings.